The van der Waals surface area contributed by atoms with E-state index in [1.165, 1.54) is 11.3 Å². The van der Waals surface area contributed by atoms with E-state index in [1.54, 1.807) is 24.3 Å². The van der Waals surface area contributed by atoms with Gasteiger partial charge in [0, 0.05) is 9.90 Å². The second kappa shape index (κ2) is 10.9. The number of para-hydroxylation sites is 2. The van der Waals surface area contributed by atoms with E-state index < -0.39 is 0 Å². The van der Waals surface area contributed by atoms with Crippen molar-refractivity contribution in [3.63, 3.8) is 0 Å². The van der Waals surface area contributed by atoms with Gasteiger partial charge >= 0.3 is 0 Å². The van der Waals surface area contributed by atoms with Crippen molar-refractivity contribution in [2.45, 2.75) is 33.1 Å². The molecule has 0 fully saturated rings. The topological polar surface area (TPSA) is 76.7 Å². The largest absolute Gasteiger partial charge is 0.492 e. The van der Waals surface area contributed by atoms with Gasteiger partial charge in [-0.25, -0.2) is 0 Å². The third kappa shape index (κ3) is 5.72. The first-order chi connectivity index (χ1) is 16.4. The molecule has 4 rings (SSSR count). The number of hydrogen-bond acceptors (Lipinski definition) is 5. The molecule has 0 radical (unpaired) electrons. The highest BCUT2D eigenvalue weighted by atomic mass is 35.5. The Morgan fingerprint density at radius 3 is 2.62 bits per heavy atom. The van der Waals surface area contributed by atoms with Crippen LogP contribution in [0.25, 0.3) is 0 Å². The van der Waals surface area contributed by atoms with Crippen LogP contribution in [0.2, 0.25) is 5.02 Å². The summed E-state index contributed by atoms with van der Waals surface area (Å²) in [5.74, 6) is 1.11. The van der Waals surface area contributed by atoms with Gasteiger partial charge in [-0.15, -0.1) is 11.3 Å². The highest BCUT2D eigenvalue weighted by Gasteiger charge is 2.29. The van der Waals surface area contributed by atoms with Gasteiger partial charge in [-0.2, -0.15) is 0 Å². The summed E-state index contributed by atoms with van der Waals surface area (Å²) in [6, 6.07) is 14.1. The Balaban J connectivity index is 1.55. The van der Waals surface area contributed by atoms with Crippen molar-refractivity contribution in [1.82, 2.24) is 0 Å². The quantitative estimate of drug-likeness (QED) is 0.388. The zero-order valence-electron chi connectivity index (χ0n) is 19.2. The maximum absolute atomic E-state index is 13.4. The molecule has 2 N–H and O–H groups in total. The van der Waals surface area contributed by atoms with Crippen molar-refractivity contribution >= 4 is 45.4 Å². The molecule has 3 aromatic rings. The molecule has 0 bridgehead atoms. The smallest absolute Gasteiger partial charge is 0.262 e. The molecular weight excluding hydrogens is 472 g/mol. The standard InChI is InChI=1S/C26H27ClN2O4S/c1-3-32-21-7-5-4-6-20(21)28-25(31)24-19-13-8-16(2)14-22(19)34-26(24)29-23(30)15-33-18-11-9-17(27)10-12-18/h4-7,9-12,16H,3,8,13-15H2,1-2H3,(H,28,31)(H,29,30). The number of ether oxygens (including phenoxy) is 2. The van der Waals surface area contributed by atoms with Gasteiger partial charge in [0.25, 0.3) is 11.8 Å². The van der Waals surface area contributed by atoms with Crippen molar-refractivity contribution in [2.75, 3.05) is 23.8 Å². The van der Waals surface area contributed by atoms with Crippen LogP contribution < -0.4 is 20.1 Å². The molecule has 1 unspecified atom stereocenters. The lowest BCUT2D eigenvalue weighted by Gasteiger charge is -2.19. The predicted molar refractivity (Wildman–Crippen MR) is 137 cm³/mol. The fourth-order valence-electron chi connectivity index (χ4n) is 3.96. The summed E-state index contributed by atoms with van der Waals surface area (Å²) < 4.78 is 11.2. The Labute approximate surface area is 208 Å². The molecule has 1 aliphatic carbocycles. The second-order valence-electron chi connectivity index (χ2n) is 8.23. The molecule has 6 nitrogen and oxygen atoms in total. The maximum Gasteiger partial charge on any atom is 0.262 e. The van der Waals surface area contributed by atoms with Crippen LogP contribution in [0, 0.1) is 5.92 Å². The number of carbonyl (C=O) groups excluding carboxylic acids is 2. The molecule has 0 spiro atoms. The Bertz CT molecular complexity index is 1180. The van der Waals surface area contributed by atoms with Crippen molar-refractivity contribution in [3.05, 3.63) is 69.6 Å². The van der Waals surface area contributed by atoms with Gasteiger partial charge in [0.05, 0.1) is 17.9 Å². The van der Waals surface area contributed by atoms with Gasteiger partial charge in [-0.05, 0) is 74.1 Å². The lowest BCUT2D eigenvalue weighted by molar-refractivity contribution is -0.118. The minimum atomic E-state index is -0.328. The van der Waals surface area contributed by atoms with Crippen molar-refractivity contribution in [3.8, 4) is 11.5 Å². The number of benzene rings is 2. The number of fused-ring (bicyclic) bond motifs is 1. The minimum Gasteiger partial charge on any atom is -0.492 e. The maximum atomic E-state index is 13.4. The monoisotopic (exact) mass is 498 g/mol. The number of carbonyl (C=O) groups is 2. The van der Waals surface area contributed by atoms with E-state index in [2.05, 4.69) is 17.6 Å². The highest BCUT2D eigenvalue weighted by molar-refractivity contribution is 7.17. The van der Waals surface area contributed by atoms with Gasteiger partial charge in [0.15, 0.2) is 6.61 Å². The Morgan fingerprint density at radius 1 is 1.09 bits per heavy atom. The number of rotatable bonds is 8. The van der Waals surface area contributed by atoms with Gasteiger partial charge < -0.3 is 20.1 Å². The van der Waals surface area contributed by atoms with Crippen LogP contribution in [0.5, 0.6) is 11.5 Å². The predicted octanol–water partition coefficient (Wildman–Crippen LogP) is 6.19. The Kier molecular flexibility index (Phi) is 7.75. The lowest BCUT2D eigenvalue weighted by atomic mass is 9.88. The molecule has 0 saturated heterocycles. The molecule has 0 aliphatic heterocycles. The van der Waals surface area contributed by atoms with Crippen molar-refractivity contribution < 1.29 is 19.1 Å². The molecule has 34 heavy (non-hydrogen) atoms. The molecule has 0 saturated carbocycles. The summed E-state index contributed by atoms with van der Waals surface area (Å²) >= 11 is 7.37. The number of anilines is 2. The fraction of sp³-hybridized carbons (Fsp3) is 0.308. The molecule has 178 valence electrons. The average Bonchev–Trinajstić information content (AvgIpc) is 3.17. The van der Waals surface area contributed by atoms with E-state index in [0.717, 1.165) is 29.7 Å². The van der Waals surface area contributed by atoms with Crippen LogP contribution in [0.15, 0.2) is 48.5 Å². The van der Waals surface area contributed by atoms with Gasteiger partial charge in [-0.3, -0.25) is 9.59 Å². The Hall–Kier alpha value is -3.03. The Morgan fingerprint density at radius 2 is 1.85 bits per heavy atom. The number of nitrogens with one attached hydrogen (secondary N) is 2. The molecular formula is C26H27ClN2O4S. The molecule has 1 aliphatic rings. The highest BCUT2D eigenvalue weighted by Crippen LogP contribution is 2.40. The van der Waals surface area contributed by atoms with Crippen molar-refractivity contribution in [1.29, 1.82) is 0 Å². The molecule has 1 aromatic heterocycles. The van der Waals surface area contributed by atoms with Gasteiger partial charge in [0.2, 0.25) is 0 Å². The first-order valence-electron chi connectivity index (χ1n) is 11.3. The third-order valence-corrected chi connectivity index (χ3v) is 7.03. The van der Waals surface area contributed by atoms with E-state index in [0.29, 0.717) is 45.3 Å². The van der Waals surface area contributed by atoms with Crippen LogP contribution in [0.1, 0.15) is 41.1 Å². The van der Waals surface area contributed by atoms with Crippen LogP contribution in [0.3, 0.4) is 0 Å². The SMILES string of the molecule is CCOc1ccccc1NC(=O)c1c(NC(=O)COc2ccc(Cl)cc2)sc2c1CCC(C)C2. The first-order valence-corrected chi connectivity index (χ1v) is 12.5. The molecule has 1 atom stereocenters. The third-order valence-electron chi connectivity index (χ3n) is 5.61. The summed E-state index contributed by atoms with van der Waals surface area (Å²) in [6.07, 6.45) is 2.71. The fourth-order valence-corrected chi connectivity index (χ4v) is 5.51. The summed E-state index contributed by atoms with van der Waals surface area (Å²) in [4.78, 5) is 27.3. The molecule has 8 heteroatoms. The summed E-state index contributed by atoms with van der Waals surface area (Å²) in [7, 11) is 0. The van der Waals surface area contributed by atoms with Crippen LogP contribution in [-0.2, 0) is 17.6 Å². The minimum absolute atomic E-state index is 0.172. The zero-order chi connectivity index (χ0) is 24.1. The van der Waals surface area contributed by atoms with Crippen LogP contribution >= 0.6 is 22.9 Å². The molecule has 2 aromatic carbocycles. The molecule has 1 heterocycles. The van der Waals surface area contributed by atoms with Gasteiger partial charge in [-0.1, -0.05) is 30.7 Å². The van der Waals surface area contributed by atoms with E-state index in [1.807, 2.05) is 31.2 Å². The zero-order valence-corrected chi connectivity index (χ0v) is 20.7. The summed E-state index contributed by atoms with van der Waals surface area (Å²) in [6.45, 7) is 4.43. The van der Waals surface area contributed by atoms with E-state index >= 15 is 0 Å². The first kappa shape index (κ1) is 24.1. The number of amides is 2. The summed E-state index contributed by atoms with van der Waals surface area (Å²) in [5, 5.41) is 7.04. The number of halogens is 1. The number of thiophene rings is 1. The average molecular weight is 499 g/mol. The van der Waals surface area contributed by atoms with E-state index in [-0.39, 0.29) is 18.4 Å². The van der Waals surface area contributed by atoms with E-state index in [4.69, 9.17) is 21.1 Å². The molecule has 2 amide bonds. The van der Waals surface area contributed by atoms with Crippen molar-refractivity contribution in [2.24, 2.45) is 5.92 Å². The van der Waals surface area contributed by atoms with Crippen LogP contribution in [0.4, 0.5) is 10.7 Å². The lowest BCUT2D eigenvalue weighted by Crippen LogP contribution is -2.22. The van der Waals surface area contributed by atoms with Crippen LogP contribution in [-0.4, -0.2) is 25.0 Å². The second-order valence-corrected chi connectivity index (χ2v) is 9.77. The number of hydrogen-bond donors (Lipinski definition) is 2. The van der Waals surface area contributed by atoms with Gasteiger partial charge in [0.1, 0.15) is 16.5 Å². The summed E-state index contributed by atoms with van der Waals surface area (Å²) in [5.41, 5.74) is 2.14. The normalized spacial score (nSPS) is 14.7. The van der Waals surface area contributed by atoms with E-state index in [9.17, 15) is 9.59 Å².